The van der Waals surface area contributed by atoms with E-state index in [4.69, 9.17) is 0 Å². The van der Waals surface area contributed by atoms with Gasteiger partial charge in [0.2, 0.25) is 0 Å². The van der Waals surface area contributed by atoms with Crippen LogP contribution in [0.25, 0.3) is 0 Å². The van der Waals surface area contributed by atoms with Crippen molar-refractivity contribution in [3.63, 3.8) is 0 Å². The quantitative estimate of drug-likeness (QED) is 0.180. The molecule has 3 nitrogen and oxygen atoms in total. The Balaban J connectivity index is 2.98. The predicted octanol–water partition coefficient (Wildman–Crippen LogP) is 0.439. The van der Waals surface area contributed by atoms with Crippen LogP contribution in [0.3, 0.4) is 0 Å². The second-order valence-electron chi connectivity index (χ2n) is 0.860. The number of ether oxygens (including phenoxy) is 1. The van der Waals surface area contributed by atoms with Crippen LogP contribution in [0.4, 0.5) is 0 Å². The molecule has 40 valence electrons. The third-order valence-corrected chi connectivity index (χ3v) is 0.336. The second-order valence-corrected chi connectivity index (χ2v) is 0.860. The van der Waals surface area contributed by atoms with Gasteiger partial charge in [0.1, 0.15) is 0 Å². The summed E-state index contributed by atoms with van der Waals surface area (Å²) in [6, 6.07) is 0. The van der Waals surface area contributed by atoms with E-state index < -0.39 is 0 Å². The van der Waals surface area contributed by atoms with E-state index in [9.17, 15) is 0 Å². The largest absolute Gasteiger partial charge is 0.452 e. The first-order valence-electron chi connectivity index (χ1n) is 1.90. The van der Waals surface area contributed by atoms with Gasteiger partial charge in [-0.3, -0.25) is 0 Å². The van der Waals surface area contributed by atoms with E-state index in [2.05, 4.69) is 15.7 Å². The molecule has 0 atom stereocenters. The van der Waals surface area contributed by atoms with E-state index in [1.54, 1.807) is 6.08 Å². The van der Waals surface area contributed by atoms with E-state index >= 15 is 0 Å². The van der Waals surface area contributed by atoms with Crippen molar-refractivity contribution >= 4 is 6.40 Å². The summed E-state index contributed by atoms with van der Waals surface area (Å²) in [4.78, 5) is 0. The Hall–Kier alpha value is -0.990. The van der Waals surface area contributed by atoms with Gasteiger partial charge in [-0.1, -0.05) is 6.08 Å². The molecule has 0 aliphatic rings. The maximum atomic E-state index is 4.68. The lowest BCUT2D eigenvalue weighted by molar-refractivity contribution is 0.491. The molecule has 0 aliphatic carbocycles. The number of nitrogens with zero attached hydrogens (tertiary/aromatic N) is 1. The molecule has 0 bridgehead atoms. The smallest absolute Gasteiger partial charge is 0.197 e. The Morgan fingerprint density at radius 3 is 2.86 bits per heavy atom. The number of allylic oxidation sites excluding steroid dienone is 1. The zero-order valence-electron chi connectivity index (χ0n) is 4.16. The standard InChI is InChI=1S/C4H8N2O/c1-2-3-7-4-6-5/h2-4H,5H2,1H3. The summed E-state index contributed by atoms with van der Waals surface area (Å²) >= 11 is 0. The van der Waals surface area contributed by atoms with E-state index in [-0.39, 0.29) is 0 Å². The van der Waals surface area contributed by atoms with E-state index in [0.29, 0.717) is 0 Å². The molecular weight excluding hydrogens is 92.1 g/mol. The van der Waals surface area contributed by atoms with Crippen LogP contribution in [0, 0.1) is 0 Å². The molecule has 0 saturated heterocycles. The number of hydrogen-bond donors (Lipinski definition) is 1. The SMILES string of the molecule is CC=COC=NN. The molecule has 0 saturated carbocycles. The van der Waals surface area contributed by atoms with E-state index in [1.807, 2.05) is 6.92 Å². The fraction of sp³-hybridized carbons (Fsp3) is 0.250. The van der Waals surface area contributed by atoms with E-state index in [0.717, 1.165) is 6.40 Å². The van der Waals surface area contributed by atoms with Gasteiger partial charge < -0.3 is 10.6 Å². The number of hydrogen-bond acceptors (Lipinski definition) is 3. The van der Waals surface area contributed by atoms with Crippen molar-refractivity contribution in [3.8, 4) is 0 Å². The van der Waals surface area contributed by atoms with Crippen molar-refractivity contribution in [3.05, 3.63) is 12.3 Å². The lowest BCUT2D eigenvalue weighted by atomic mass is 10.7. The van der Waals surface area contributed by atoms with E-state index in [1.165, 1.54) is 6.26 Å². The molecule has 7 heavy (non-hydrogen) atoms. The highest BCUT2D eigenvalue weighted by molar-refractivity contribution is 5.46. The van der Waals surface area contributed by atoms with Crippen LogP contribution in [0.2, 0.25) is 0 Å². The van der Waals surface area contributed by atoms with Gasteiger partial charge in [-0.25, -0.2) is 0 Å². The van der Waals surface area contributed by atoms with Gasteiger partial charge in [-0.05, 0) is 6.92 Å². The van der Waals surface area contributed by atoms with Gasteiger partial charge in [0, 0.05) is 0 Å². The summed E-state index contributed by atoms with van der Waals surface area (Å²) in [6.07, 6.45) is 4.37. The summed E-state index contributed by atoms with van der Waals surface area (Å²) in [5.74, 6) is 4.68. The molecule has 0 unspecified atom stereocenters. The van der Waals surface area contributed by atoms with Crippen LogP contribution < -0.4 is 5.84 Å². The Morgan fingerprint density at radius 2 is 2.43 bits per heavy atom. The van der Waals surface area contributed by atoms with Crippen LogP contribution in [-0.2, 0) is 4.74 Å². The minimum atomic E-state index is 1.15. The van der Waals surface area contributed by atoms with Crippen molar-refractivity contribution in [1.82, 2.24) is 0 Å². The number of hydrazone groups is 1. The van der Waals surface area contributed by atoms with Gasteiger partial charge in [0.15, 0.2) is 6.40 Å². The summed E-state index contributed by atoms with van der Waals surface area (Å²) < 4.78 is 4.53. The zero-order chi connectivity index (χ0) is 5.54. The minimum Gasteiger partial charge on any atom is -0.452 e. The van der Waals surface area contributed by atoms with Crippen molar-refractivity contribution in [2.24, 2.45) is 10.9 Å². The maximum absolute atomic E-state index is 4.68. The minimum absolute atomic E-state index is 1.15. The third-order valence-electron chi connectivity index (χ3n) is 0.336. The van der Waals surface area contributed by atoms with Gasteiger partial charge in [0.05, 0.1) is 6.26 Å². The predicted molar refractivity (Wildman–Crippen MR) is 28.6 cm³/mol. The average Bonchev–Trinajstić information content (AvgIpc) is 1.69. The molecule has 0 aromatic rings. The maximum Gasteiger partial charge on any atom is 0.197 e. The molecule has 2 N–H and O–H groups in total. The summed E-state index contributed by atoms with van der Waals surface area (Å²) in [6.45, 7) is 1.84. The van der Waals surface area contributed by atoms with Crippen molar-refractivity contribution < 1.29 is 4.74 Å². The molecule has 0 amide bonds. The summed E-state index contributed by atoms with van der Waals surface area (Å²) in [5, 5.41) is 3.07. The molecule has 0 fully saturated rings. The molecular formula is C4H8N2O. The molecule has 0 spiro atoms. The summed E-state index contributed by atoms with van der Waals surface area (Å²) in [7, 11) is 0. The van der Waals surface area contributed by atoms with Gasteiger partial charge in [-0.15, -0.1) is 0 Å². The highest BCUT2D eigenvalue weighted by Gasteiger charge is 1.58. The van der Waals surface area contributed by atoms with Crippen LogP contribution in [0.1, 0.15) is 6.92 Å². The Morgan fingerprint density at radius 1 is 1.71 bits per heavy atom. The normalized spacial score (nSPS) is 11.0. The van der Waals surface area contributed by atoms with Crippen molar-refractivity contribution in [1.29, 1.82) is 0 Å². The lowest BCUT2D eigenvalue weighted by Crippen LogP contribution is -1.82. The number of rotatable bonds is 2. The highest BCUT2D eigenvalue weighted by Crippen LogP contribution is 1.67. The zero-order valence-corrected chi connectivity index (χ0v) is 4.16. The van der Waals surface area contributed by atoms with Crippen LogP contribution in [-0.4, -0.2) is 6.40 Å². The first kappa shape index (κ1) is 6.01. The Labute approximate surface area is 42.5 Å². The Bertz CT molecular complexity index is 67.8. The molecule has 0 heterocycles. The monoisotopic (exact) mass is 100 g/mol. The number of nitrogens with two attached hydrogens (primary N) is 1. The molecule has 0 radical (unpaired) electrons. The highest BCUT2D eigenvalue weighted by atomic mass is 16.5. The molecule has 0 aliphatic heterocycles. The average molecular weight is 100 g/mol. The molecule has 0 aromatic heterocycles. The van der Waals surface area contributed by atoms with Gasteiger partial charge in [0.25, 0.3) is 0 Å². The third kappa shape index (κ3) is 5.01. The molecule has 3 heteroatoms. The molecule has 0 rings (SSSR count). The van der Waals surface area contributed by atoms with Crippen molar-refractivity contribution in [2.45, 2.75) is 6.92 Å². The summed E-state index contributed by atoms with van der Waals surface area (Å²) in [5.41, 5.74) is 0. The van der Waals surface area contributed by atoms with Crippen LogP contribution >= 0.6 is 0 Å². The van der Waals surface area contributed by atoms with Gasteiger partial charge in [-0.2, -0.15) is 5.10 Å². The van der Waals surface area contributed by atoms with Crippen LogP contribution in [0.15, 0.2) is 17.4 Å². The van der Waals surface area contributed by atoms with Crippen molar-refractivity contribution in [2.75, 3.05) is 0 Å². The molecule has 0 aromatic carbocycles. The first-order valence-corrected chi connectivity index (χ1v) is 1.90. The lowest BCUT2D eigenvalue weighted by Gasteiger charge is -1.80. The topological polar surface area (TPSA) is 47.6 Å². The van der Waals surface area contributed by atoms with Gasteiger partial charge >= 0.3 is 0 Å². The van der Waals surface area contributed by atoms with Crippen LogP contribution in [0.5, 0.6) is 0 Å². The Kier molecular flexibility index (Phi) is 4.30. The second kappa shape index (κ2) is 5.01. The fourth-order valence-electron chi connectivity index (χ4n) is 0.149. The first-order chi connectivity index (χ1) is 3.41. The fourth-order valence-corrected chi connectivity index (χ4v) is 0.149.